The summed E-state index contributed by atoms with van der Waals surface area (Å²) in [6.45, 7) is 0.635. The number of tetrazole rings is 1. The van der Waals surface area contributed by atoms with E-state index in [9.17, 15) is 4.79 Å². The number of amides is 1. The highest BCUT2D eigenvalue weighted by atomic mass is 16.6. The zero-order valence-electron chi connectivity index (χ0n) is 17.2. The molecule has 12 nitrogen and oxygen atoms in total. The maximum Gasteiger partial charge on any atom is 0.341 e. The van der Waals surface area contributed by atoms with Crippen LogP contribution in [0, 0.1) is 0 Å². The molecule has 2 saturated heterocycles. The van der Waals surface area contributed by atoms with Gasteiger partial charge in [0.25, 0.3) is 5.91 Å². The summed E-state index contributed by atoms with van der Waals surface area (Å²) in [6.07, 6.45) is 6.09. The Balaban J connectivity index is 1.14. The van der Waals surface area contributed by atoms with Crippen LogP contribution >= 0.6 is 0 Å². The summed E-state index contributed by atoms with van der Waals surface area (Å²) in [6, 6.07) is 10.4. The molecule has 2 fully saturated rings. The van der Waals surface area contributed by atoms with Crippen molar-refractivity contribution in [3.8, 4) is 17.4 Å². The first-order valence-electron chi connectivity index (χ1n) is 10.4. The van der Waals surface area contributed by atoms with Crippen LogP contribution in [0.3, 0.4) is 0 Å². The Morgan fingerprint density at radius 2 is 2.00 bits per heavy atom. The molecule has 0 bridgehead atoms. The van der Waals surface area contributed by atoms with Crippen LogP contribution in [0.5, 0.6) is 11.8 Å². The summed E-state index contributed by atoms with van der Waals surface area (Å²) in [7, 11) is 0. The van der Waals surface area contributed by atoms with Crippen molar-refractivity contribution in [2.45, 2.75) is 24.3 Å². The predicted octanol–water partition coefficient (Wildman–Crippen LogP) is 1.38. The lowest BCUT2D eigenvalue weighted by molar-refractivity contribution is 0.0605. The van der Waals surface area contributed by atoms with Crippen molar-refractivity contribution in [2.75, 3.05) is 13.2 Å². The van der Waals surface area contributed by atoms with E-state index in [-0.39, 0.29) is 42.0 Å². The number of rotatable bonds is 6. The molecule has 6 rings (SSSR count). The molecule has 0 radical (unpaired) electrons. The second-order valence-corrected chi connectivity index (χ2v) is 7.69. The van der Waals surface area contributed by atoms with E-state index in [0.717, 1.165) is 5.69 Å². The van der Waals surface area contributed by atoms with Gasteiger partial charge in [0, 0.05) is 18.1 Å². The fraction of sp³-hybridized carbons (Fsp3) is 0.286. The molecule has 4 aromatic rings. The standard InChI is InChI=1S/C21H19N7O5/c29-20(17-2-1-9-30-17)23-15-10-31-19-16(11-32-18(15)19)28-21(24-25-26-28)33-14-5-3-13(4-6-14)27-8-7-22-12-27/h1-9,12,15-16,18-19H,10-11H2,(H,23,29)/t15-,16-,18+,19+/m0/s1. The van der Waals surface area contributed by atoms with E-state index < -0.39 is 0 Å². The van der Waals surface area contributed by atoms with Crippen molar-refractivity contribution in [2.24, 2.45) is 0 Å². The third-order valence-electron chi connectivity index (χ3n) is 5.71. The second-order valence-electron chi connectivity index (χ2n) is 7.69. The Hall–Kier alpha value is -4.03. The highest BCUT2D eigenvalue weighted by Gasteiger charge is 2.50. The molecule has 0 unspecified atom stereocenters. The van der Waals surface area contributed by atoms with E-state index in [1.807, 2.05) is 35.0 Å². The molecule has 2 aliphatic rings. The van der Waals surface area contributed by atoms with Gasteiger partial charge in [-0.05, 0) is 46.8 Å². The first-order valence-corrected chi connectivity index (χ1v) is 10.4. The number of furan rings is 1. The smallest absolute Gasteiger partial charge is 0.341 e. The van der Waals surface area contributed by atoms with Gasteiger partial charge in [0.2, 0.25) is 0 Å². The monoisotopic (exact) mass is 449 g/mol. The second kappa shape index (κ2) is 8.15. The Morgan fingerprint density at radius 1 is 1.12 bits per heavy atom. The Morgan fingerprint density at radius 3 is 2.79 bits per heavy atom. The van der Waals surface area contributed by atoms with Gasteiger partial charge in [-0.15, -0.1) is 0 Å². The minimum atomic E-state index is -0.333. The highest BCUT2D eigenvalue weighted by Crippen LogP contribution is 2.36. The van der Waals surface area contributed by atoms with E-state index in [2.05, 4.69) is 25.8 Å². The van der Waals surface area contributed by atoms with Gasteiger partial charge < -0.3 is 28.5 Å². The third-order valence-corrected chi connectivity index (χ3v) is 5.71. The maximum atomic E-state index is 12.3. The number of aromatic nitrogens is 6. The number of fused-ring (bicyclic) bond motifs is 1. The average molecular weight is 449 g/mol. The maximum absolute atomic E-state index is 12.3. The Kier molecular flexibility index (Phi) is 4.85. The predicted molar refractivity (Wildman–Crippen MR) is 110 cm³/mol. The van der Waals surface area contributed by atoms with Crippen molar-refractivity contribution in [3.05, 3.63) is 67.1 Å². The molecule has 1 amide bonds. The van der Waals surface area contributed by atoms with Crippen molar-refractivity contribution >= 4 is 5.91 Å². The number of benzene rings is 1. The SMILES string of the molecule is O=C(N[C@H]1CO[C@H]2[C@@H]1OC[C@@H]2n1nnnc1Oc1ccc(-n2ccnc2)cc1)c1ccco1. The number of carbonyl (C=O) groups excluding carboxylic acids is 1. The van der Waals surface area contributed by atoms with Crippen LogP contribution in [0.1, 0.15) is 16.6 Å². The molecular formula is C21H19N7O5. The van der Waals surface area contributed by atoms with Gasteiger partial charge in [-0.1, -0.05) is 5.10 Å². The number of hydrogen-bond donors (Lipinski definition) is 1. The molecule has 3 aromatic heterocycles. The Bertz CT molecular complexity index is 1220. The van der Waals surface area contributed by atoms with E-state index in [4.69, 9.17) is 18.6 Å². The van der Waals surface area contributed by atoms with Crippen LogP contribution in [-0.4, -0.2) is 67.1 Å². The number of nitrogens with one attached hydrogen (secondary N) is 1. The lowest BCUT2D eigenvalue weighted by Gasteiger charge is -2.17. The van der Waals surface area contributed by atoms with Crippen molar-refractivity contribution in [1.29, 1.82) is 0 Å². The molecular weight excluding hydrogens is 430 g/mol. The average Bonchev–Trinajstić information content (AvgIpc) is 3.65. The number of imidazole rings is 1. The lowest BCUT2D eigenvalue weighted by atomic mass is 10.1. The number of hydrogen-bond acceptors (Lipinski definition) is 9. The first kappa shape index (κ1) is 19.6. The summed E-state index contributed by atoms with van der Waals surface area (Å²) in [4.78, 5) is 16.4. The van der Waals surface area contributed by atoms with E-state index in [0.29, 0.717) is 19.0 Å². The highest BCUT2D eigenvalue weighted by molar-refractivity contribution is 5.91. The van der Waals surface area contributed by atoms with Crippen LogP contribution in [0.25, 0.3) is 5.69 Å². The number of carbonyl (C=O) groups is 1. The van der Waals surface area contributed by atoms with E-state index in [1.54, 1.807) is 29.3 Å². The molecule has 0 saturated carbocycles. The molecule has 0 aliphatic carbocycles. The van der Waals surface area contributed by atoms with Crippen LogP contribution in [-0.2, 0) is 9.47 Å². The fourth-order valence-corrected chi connectivity index (χ4v) is 4.12. The number of ether oxygens (including phenoxy) is 3. The van der Waals surface area contributed by atoms with Crippen LogP contribution in [0.2, 0.25) is 0 Å². The van der Waals surface area contributed by atoms with Gasteiger partial charge in [-0.3, -0.25) is 4.79 Å². The fourth-order valence-electron chi connectivity index (χ4n) is 4.12. The van der Waals surface area contributed by atoms with E-state index >= 15 is 0 Å². The topological polar surface area (TPSA) is 131 Å². The van der Waals surface area contributed by atoms with Gasteiger partial charge in [-0.2, -0.15) is 4.68 Å². The molecule has 12 heteroatoms. The molecule has 168 valence electrons. The van der Waals surface area contributed by atoms with Crippen molar-refractivity contribution in [3.63, 3.8) is 0 Å². The van der Waals surface area contributed by atoms with Gasteiger partial charge >= 0.3 is 6.01 Å². The van der Waals surface area contributed by atoms with Gasteiger partial charge in [0.05, 0.1) is 31.8 Å². The lowest BCUT2D eigenvalue weighted by Crippen LogP contribution is -2.44. The van der Waals surface area contributed by atoms with Gasteiger partial charge in [0.1, 0.15) is 24.0 Å². The molecule has 5 heterocycles. The molecule has 0 spiro atoms. The molecule has 1 N–H and O–H groups in total. The van der Waals surface area contributed by atoms with Crippen LogP contribution < -0.4 is 10.1 Å². The quantitative estimate of drug-likeness (QED) is 0.464. The molecule has 4 atom stereocenters. The molecule has 1 aromatic carbocycles. The summed E-state index contributed by atoms with van der Waals surface area (Å²) in [5.74, 6) is 0.511. The summed E-state index contributed by atoms with van der Waals surface area (Å²) < 4.78 is 26.4. The van der Waals surface area contributed by atoms with Gasteiger partial charge in [0.15, 0.2) is 5.76 Å². The zero-order valence-corrected chi connectivity index (χ0v) is 17.2. The number of nitrogens with zero attached hydrogens (tertiary/aromatic N) is 6. The summed E-state index contributed by atoms with van der Waals surface area (Å²) in [5, 5.41) is 14.8. The summed E-state index contributed by atoms with van der Waals surface area (Å²) >= 11 is 0. The van der Waals surface area contributed by atoms with Crippen molar-refractivity contribution in [1.82, 2.24) is 35.1 Å². The first-order chi connectivity index (χ1) is 16.3. The Labute approximate surface area is 187 Å². The minimum Gasteiger partial charge on any atom is -0.459 e. The normalized spacial score (nSPS) is 24.0. The zero-order chi connectivity index (χ0) is 22.2. The van der Waals surface area contributed by atoms with Crippen molar-refractivity contribution < 1.29 is 23.4 Å². The molecule has 2 aliphatic heterocycles. The minimum absolute atomic E-state index is 0.228. The van der Waals surface area contributed by atoms with Gasteiger partial charge in [-0.25, -0.2) is 4.98 Å². The van der Waals surface area contributed by atoms with E-state index in [1.165, 1.54) is 6.26 Å². The summed E-state index contributed by atoms with van der Waals surface area (Å²) in [5.41, 5.74) is 0.952. The third kappa shape index (κ3) is 3.64. The van der Waals surface area contributed by atoms with Crippen LogP contribution in [0.15, 0.2) is 65.8 Å². The largest absolute Gasteiger partial charge is 0.459 e. The molecule has 33 heavy (non-hydrogen) atoms. The van der Waals surface area contributed by atoms with Crippen LogP contribution in [0.4, 0.5) is 0 Å².